The SMILES string of the molecule is Cc1ccc(C)c(C2=NN(C(=O)CN3CCN(Cc4ccccc4)CC3)[C@H](c3ccc4c(c3)OCO4)C2)c1. The molecule has 1 amide bonds. The van der Waals surface area contributed by atoms with Gasteiger partial charge in [-0.15, -0.1) is 0 Å². The highest BCUT2D eigenvalue weighted by Gasteiger charge is 2.35. The van der Waals surface area contributed by atoms with E-state index in [1.54, 1.807) is 5.01 Å². The Morgan fingerprint density at radius 1 is 0.895 bits per heavy atom. The van der Waals surface area contributed by atoms with Crippen molar-refractivity contribution >= 4 is 11.6 Å². The minimum Gasteiger partial charge on any atom is -0.454 e. The van der Waals surface area contributed by atoms with E-state index in [1.165, 1.54) is 16.7 Å². The van der Waals surface area contributed by atoms with Crippen LogP contribution in [0.15, 0.2) is 71.8 Å². The monoisotopic (exact) mass is 510 g/mol. The number of carbonyl (C=O) groups is 1. The molecule has 0 aromatic heterocycles. The van der Waals surface area contributed by atoms with Crippen molar-refractivity contribution in [2.75, 3.05) is 39.5 Å². The molecule has 1 fully saturated rings. The Morgan fingerprint density at radius 2 is 1.66 bits per heavy atom. The standard InChI is InChI=1S/C31H34N4O3/c1-22-8-9-23(2)26(16-22)27-18-28(25-10-11-29-30(17-25)38-21-37-29)35(32-27)31(36)20-34-14-12-33(13-15-34)19-24-6-4-3-5-7-24/h3-11,16-17,28H,12-15,18-21H2,1-2H3/t28-/m0/s1. The second kappa shape index (κ2) is 10.6. The zero-order chi connectivity index (χ0) is 26.1. The molecule has 0 aliphatic carbocycles. The summed E-state index contributed by atoms with van der Waals surface area (Å²) in [5, 5.41) is 6.65. The Balaban J connectivity index is 1.18. The Kier molecular flexibility index (Phi) is 6.87. The highest BCUT2D eigenvalue weighted by molar-refractivity contribution is 6.04. The average molecular weight is 511 g/mol. The summed E-state index contributed by atoms with van der Waals surface area (Å²) in [6.07, 6.45) is 0.667. The lowest BCUT2D eigenvalue weighted by molar-refractivity contribution is -0.134. The smallest absolute Gasteiger partial charge is 0.257 e. The number of hydrazone groups is 1. The Hall–Kier alpha value is -3.68. The second-order valence-corrected chi connectivity index (χ2v) is 10.5. The third-order valence-corrected chi connectivity index (χ3v) is 7.72. The first-order valence-corrected chi connectivity index (χ1v) is 13.4. The molecule has 7 nitrogen and oxygen atoms in total. The molecule has 1 atom stereocenters. The largest absolute Gasteiger partial charge is 0.454 e. The van der Waals surface area contributed by atoms with E-state index in [4.69, 9.17) is 14.6 Å². The summed E-state index contributed by atoms with van der Waals surface area (Å²) >= 11 is 0. The molecule has 38 heavy (non-hydrogen) atoms. The number of aryl methyl sites for hydroxylation is 2. The van der Waals surface area contributed by atoms with E-state index in [1.807, 2.05) is 18.2 Å². The number of amides is 1. The van der Waals surface area contributed by atoms with E-state index in [2.05, 4.69) is 72.2 Å². The van der Waals surface area contributed by atoms with Crippen molar-refractivity contribution in [3.8, 4) is 11.5 Å². The van der Waals surface area contributed by atoms with Crippen LogP contribution in [0.2, 0.25) is 0 Å². The minimum atomic E-state index is -0.175. The van der Waals surface area contributed by atoms with Crippen LogP contribution in [-0.4, -0.2) is 65.9 Å². The fourth-order valence-electron chi connectivity index (χ4n) is 5.54. The van der Waals surface area contributed by atoms with Crippen molar-refractivity contribution in [1.82, 2.24) is 14.8 Å². The summed E-state index contributed by atoms with van der Waals surface area (Å²) < 4.78 is 11.2. The van der Waals surface area contributed by atoms with E-state index in [0.29, 0.717) is 13.0 Å². The number of rotatable bonds is 6. The van der Waals surface area contributed by atoms with Crippen LogP contribution < -0.4 is 9.47 Å². The van der Waals surface area contributed by atoms with Gasteiger partial charge in [0.1, 0.15) is 0 Å². The number of piperazine rings is 1. The average Bonchev–Trinajstić information content (AvgIpc) is 3.59. The van der Waals surface area contributed by atoms with Crippen LogP contribution >= 0.6 is 0 Å². The molecule has 3 heterocycles. The minimum absolute atomic E-state index is 0.0319. The predicted molar refractivity (Wildman–Crippen MR) is 147 cm³/mol. The molecular weight excluding hydrogens is 476 g/mol. The molecule has 3 aliphatic rings. The lowest BCUT2D eigenvalue weighted by Crippen LogP contribution is -2.49. The molecule has 3 aliphatic heterocycles. The molecule has 0 spiro atoms. The molecule has 3 aromatic rings. The molecule has 6 rings (SSSR count). The summed E-state index contributed by atoms with van der Waals surface area (Å²) in [4.78, 5) is 18.5. The molecule has 0 unspecified atom stereocenters. The number of benzene rings is 3. The molecule has 0 bridgehead atoms. The van der Waals surface area contributed by atoms with E-state index in [9.17, 15) is 4.79 Å². The van der Waals surface area contributed by atoms with Gasteiger partial charge >= 0.3 is 0 Å². The van der Waals surface area contributed by atoms with E-state index >= 15 is 0 Å². The van der Waals surface area contributed by atoms with Crippen molar-refractivity contribution < 1.29 is 14.3 Å². The van der Waals surface area contributed by atoms with Gasteiger partial charge < -0.3 is 9.47 Å². The fourth-order valence-corrected chi connectivity index (χ4v) is 5.54. The van der Waals surface area contributed by atoms with Gasteiger partial charge in [0, 0.05) is 44.7 Å². The number of carbonyl (C=O) groups excluding carboxylic acids is 1. The van der Waals surface area contributed by atoms with Crippen molar-refractivity contribution in [1.29, 1.82) is 0 Å². The molecule has 1 saturated heterocycles. The Bertz CT molecular complexity index is 1350. The van der Waals surface area contributed by atoms with Crippen LogP contribution in [0.25, 0.3) is 0 Å². The first-order chi connectivity index (χ1) is 18.5. The molecule has 196 valence electrons. The fraction of sp³-hybridized carbons (Fsp3) is 0.355. The number of hydrogen-bond acceptors (Lipinski definition) is 6. The van der Waals surface area contributed by atoms with Gasteiger partial charge in [-0.05, 0) is 48.7 Å². The van der Waals surface area contributed by atoms with E-state index < -0.39 is 0 Å². The van der Waals surface area contributed by atoms with E-state index in [-0.39, 0.29) is 18.7 Å². The number of hydrogen-bond donors (Lipinski definition) is 0. The van der Waals surface area contributed by atoms with Crippen molar-refractivity contribution in [2.24, 2.45) is 5.10 Å². The Morgan fingerprint density at radius 3 is 2.47 bits per heavy atom. The quantitative estimate of drug-likeness (QED) is 0.488. The normalized spacial score (nSPS) is 19.6. The van der Waals surface area contributed by atoms with Crippen LogP contribution in [0.1, 0.15) is 40.3 Å². The van der Waals surface area contributed by atoms with Crippen molar-refractivity contribution in [3.63, 3.8) is 0 Å². The van der Waals surface area contributed by atoms with Gasteiger partial charge in [0.2, 0.25) is 6.79 Å². The molecule has 3 aromatic carbocycles. The summed E-state index contributed by atoms with van der Waals surface area (Å²) in [5.41, 5.74) is 6.76. The molecular formula is C31H34N4O3. The van der Waals surface area contributed by atoms with Crippen LogP contribution in [0.4, 0.5) is 0 Å². The third kappa shape index (κ3) is 5.17. The van der Waals surface area contributed by atoms with Crippen molar-refractivity contribution in [3.05, 3.63) is 94.5 Å². The molecule has 0 saturated carbocycles. The highest BCUT2D eigenvalue weighted by Crippen LogP contribution is 2.39. The second-order valence-electron chi connectivity index (χ2n) is 10.5. The van der Waals surface area contributed by atoms with Gasteiger partial charge in [-0.3, -0.25) is 14.6 Å². The van der Waals surface area contributed by atoms with E-state index in [0.717, 1.165) is 61.1 Å². The van der Waals surface area contributed by atoms with Gasteiger partial charge in [-0.1, -0.05) is 54.1 Å². The van der Waals surface area contributed by atoms with Gasteiger partial charge in [-0.25, -0.2) is 5.01 Å². The van der Waals surface area contributed by atoms with Crippen LogP contribution in [0.3, 0.4) is 0 Å². The van der Waals surface area contributed by atoms with Crippen LogP contribution in [0.5, 0.6) is 11.5 Å². The zero-order valence-corrected chi connectivity index (χ0v) is 22.1. The highest BCUT2D eigenvalue weighted by atomic mass is 16.7. The summed E-state index contributed by atoms with van der Waals surface area (Å²) in [5.74, 6) is 1.50. The topological polar surface area (TPSA) is 57.6 Å². The first-order valence-electron chi connectivity index (χ1n) is 13.4. The van der Waals surface area contributed by atoms with Gasteiger partial charge in [0.25, 0.3) is 5.91 Å². The molecule has 0 N–H and O–H groups in total. The zero-order valence-electron chi connectivity index (χ0n) is 22.1. The molecule has 0 radical (unpaired) electrons. The maximum atomic E-state index is 13.7. The van der Waals surface area contributed by atoms with Gasteiger partial charge in [0.15, 0.2) is 11.5 Å². The maximum Gasteiger partial charge on any atom is 0.257 e. The third-order valence-electron chi connectivity index (χ3n) is 7.72. The predicted octanol–water partition coefficient (Wildman–Crippen LogP) is 4.53. The van der Waals surface area contributed by atoms with Gasteiger partial charge in [-0.2, -0.15) is 5.10 Å². The van der Waals surface area contributed by atoms with Crippen molar-refractivity contribution in [2.45, 2.75) is 32.9 Å². The molecule has 7 heteroatoms. The summed E-state index contributed by atoms with van der Waals surface area (Å²) in [6.45, 7) is 9.38. The number of ether oxygens (including phenoxy) is 2. The van der Waals surface area contributed by atoms with Crippen LogP contribution in [-0.2, 0) is 11.3 Å². The first kappa shape index (κ1) is 24.6. The lowest BCUT2D eigenvalue weighted by Gasteiger charge is -2.35. The maximum absolute atomic E-state index is 13.7. The summed E-state index contributed by atoms with van der Waals surface area (Å²) in [6, 6.07) is 22.8. The number of fused-ring (bicyclic) bond motifs is 1. The number of nitrogens with zero attached hydrogens (tertiary/aromatic N) is 4. The summed E-state index contributed by atoms with van der Waals surface area (Å²) in [7, 11) is 0. The lowest BCUT2D eigenvalue weighted by atomic mass is 9.95. The van der Waals surface area contributed by atoms with Gasteiger partial charge in [0.05, 0.1) is 18.3 Å². The van der Waals surface area contributed by atoms with Crippen LogP contribution in [0, 0.1) is 13.8 Å². The Labute approximate surface area is 224 Å².